The average Bonchev–Trinajstić information content (AvgIpc) is 3.05. The Kier molecular flexibility index (Phi) is 6.21. The van der Waals surface area contributed by atoms with Crippen LogP contribution in [0.15, 0.2) is 46.9 Å². The molecule has 0 fully saturated rings. The van der Waals surface area contributed by atoms with Crippen molar-refractivity contribution < 1.29 is 14.3 Å². The van der Waals surface area contributed by atoms with Gasteiger partial charge < -0.3 is 14.8 Å². The Labute approximate surface area is 153 Å². The lowest BCUT2D eigenvalue weighted by atomic mass is 10.3. The first-order chi connectivity index (χ1) is 12.2. The number of anilines is 1. The lowest BCUT2D eigenvalue weighted by molar-refractivity contribution is -0.113. The van der Waals surface area contributed by atoms with Crippen LogP contribution < -0.4 is 10.1 Å². The molecule has 0 atom stereocenters. The molecule has 8 heteroatoms. The van der Waals surface area contributed by atoms with Crippen LogP contribution >= 0.6 is 23.1 Å². The number of methoxy groups -OCH3 is 1. The Morgan fingerprint density at radius 3 is 2.88 bits per heavy atom. The van der Waals surface area contributed by atoms with Gasteiger partial charge in [-0.05, 0) is 18.2 Å². The molecule has 0 radical (unpaired) electrons. The molecule has 3 aromatic rings. The fourth-order valence-electron chi connectivity index (χ4n) is 2.01. The maximum atomic E-state index is 12.1. The monoisotopic (exact) mass is 375 g/mol. The maximum absolute atomic E-state index is 12.1. The zero-order chi connectivity index (χ0) is 17.5. The minimum absolute atomic E-state index is 0.0980. The van der Waals surface area contributed by atoms with E-state index < -0.39 is 0 Å². The highest BCUT2D eigenvalue weighted by atomic mass is 32.2. The Morgan fingerprint density at radius 2 is 2.12 bits per heavy atom. The van der Waals surface area contributed by atoms with Gasteiger partial charge in [-0.3, -0.25) is 4.79 Å². The highest BCUT2D eigenvalue weighted by Crippen LogP contribution is 2.29. The molecule has 3 rings (SSSR count). The third-order valence-electron chi connectivity index (χ3n) is 3.16. The molecule has 25 heavy (non-hydrogen) atoms. The highest BCUT2D eigenvalue weighted by Gasteiger charge is 2.08. The lowest BCUT2D eigenvalue weighted by Gasteiger charge is -2.06. The Balaban J connectivity index is 1.48. The summed E-state index contributed by atoms with van der Waals surface area (Å²) in [5.74, 6) is 0.698. The number of carbonyl (C=O) groups excluding carboxylic acids is 1. The summed E-state index contributed by atoms with van der Waals surface area (Å²) in [6, 6.07) is 11.4. The van der Waals surface area contributed by atoms with Gasteiger partial charge in [-0.2, -0.15) is 0 Å². The third-order valence-corrected chi connectivity index (χ3v) is 5.34. The zero-order valence-electron chi connectivity index (χ0n) is 13.6. The van der Waals surface area contributed by atoms with E-state index in [0.29, 0.717) is 30.5 Å². The fourth-order valence-corrected chi connectivity index (χ4v) is 3.87. The molecule has 2 aromatic heterocycles. The van der Waals surface area contributed by atoms with E-state index in [1.165, 1.54) is 11.8 Å². The number of fused-ring (bicyclic) bond motifs is 1. The summed E-state index contributed by atoms with van der Waals surface area (Å²) in [6.45, 7) is 0.942. The number of nitrogens with zero attached hydrogens (tertiary/aromatic N) is 2. The fraction of sp³-hybridized carbons (Fsp3) is 0.235. The molecule has 0 unspecified atom stereocenters. The predicted molar refractivity (Wildman–Crippen MR) is 101 cm³/mol. The van der Waals surface area contributed by atoms with Crippen molar-refractivity contribution >= 4 is 44.9 Å². The van der Waals surface area contributed by atoms with Crippen LogP contribution in [0.25, 0.3) is 10.2 Å². The second-order valence-corrected chi connectivity index (χ2v) is 7.26. The minimum atomic E-state index is -0.0980. The molecule has 6 nitrogen and oxygen atoms in total. The number of thiazole rings is 1. The number of hydrogen-bond donors (Lipinski definition) is 1. The van der Waals surface area contributed by atoms with Crippen molar-refractivity contribution in [2.24, 2.45) is 0 Å². The molecule has 1 aromatic carbocycles. The molecule has 0 saturated heterocycles. The molecular weight excluding hydrogens is 358 g/mol. The number of carbonyl (C=O) groups is 1. The number of aromatic nitrogens is 2. The molecule has 0 bridgehead atoms. The van der Waals surface area contributed by atoms with Gasteiger partial charge in [0, 0.05) is 13.2 Å². The first kappa shape index (κ1) is 17.7. The summed E-state index contributed by atoms with van der Waals surface area (Å²) in [6.07, 6.45) is 1.57. The summed E-state index contributed by atoms with van der Waals surface area (Å²) in [7, 11) is 1.61. The van der Waals surface area contributed by atoms with E-state index in [4.69, 9.17) is 9.47 Å². The topological polar surface area (TPSA) is 73.3 Å². The zero-order valence-corrected chi connectivity index (χ0v) is 15.2. The van der Waals surface area contributed by atoms with E-state index in [2.05, 4.69) is 15.3 Å². The van der Waals surface area contributed by atoms with Crippen LogP contribution in [0.5, 0.6) is 5.88 Å². The van der Waals surface area contributed by atoms with Crippen LogP contribution in [0.3, 0.4) is 0 Å². The van der Waals surface area contributed by atoms with Gasteiger partial charge in [0.2, 0.25) is 11.8 Å². The molecule has 1 amide bonds. The van der Waals surface area contributed by atoms with E-state index in [1.807, 2.05) is 24.3 Å². The van der Waals surface area contributed by atoms with Crippen LogP contribution in [0.1, 0.15) is 0 Å². The Morgan fingerprint density at radius 1 is 1.24 bits per heavy atom. The maximum Gasteiger partial charge on any atom is 0.234 e. The second-order valence-electron chi connectivity index (χ2n) is 5.01. The molecular formula is C17H17N3O3S2. The van der Waals surface area contributed by atoms with Gasteiger partial charge in [-0.1, -0.05) is 23.9 Å². The molecule has 0 aliphatic carbocycles. The third kappa shape index (κ3) is 5.15. The van der Waals surface area contributed by atoms with Gasteiger partial charge >= 0.3 is 0 Å². The number of benzene rings is 1. The number of ether oxygens (including phenoxy) is 2. The Hall–Kier alpha value is -2.16. The van der Waals surface area contributed by atoms with E-state index in [9.17, 15) is 4.79 Å². The molecule has 0 aliphatic heterocycles. The van der Waals surface area contributed by atoms with Crippen LogP contribution in [0.4, 0.5) is 5.69 Å². The van der Waals surface area contributed by atoms with Gasteiger partial charge in [0.15, 0.2) is 4.34 Å². The molecule has 0 aliphatic rings. The summed E-state index contributed by atoms with van der Waals surface area (Å²) in [5, 5.41) is 2.81. The second kappa shape index (κ2) is 8.80. The van der Waals surface area contributed by atoms with Crippen molar-refractivity contribution in [1.29, 1.82) is 0 Å². The first-order valence-electron chi connectivity index (χ1n) is 7.60. The van der Waals surface area contributed by atoms with Gasteiger partial charge in [-0.25, -0.2) is 9.97 Å². The van der Waals surface area contributed by atoms with Crippen molar-refractivity contribution in [2.45, 2.75) is 4.34 Å². The van der Waals surface area contributed by atoms with Gasteiger partial charge in [-0.15, -0.1) is 11.3 Å². The van der Waals surface area contributed by atoms with Crippen LogP contribution in [0.2, 0.25) is 0 Å². The molecule has 0 saturated carbocycles. The molecule has 130 valence electrons. The first-order valence-corrected chi connectivity index (χ1v) is 9.41. The number of rotatable bonds is 8. The summed E-state index contributed by atoms with van der Waals surface area (Å²) in [5.41, 5.74) is 1.60. The number of hydrogen-bond acceptors (Lipinski definition) is 7. The van der Waals surface area contributed by atoms with Crippen molar-refractivity contribution in [3.8, 4) is 5.88 Å². The quantitative estimate of drug-likeness (QED) is 0.480. The molecule has 0 spiro atoms. The smallest absolute Gasteiger partial charge is 0.234 e. The van der Waals surface area contributed by atoms with E-state index in [1.54, 1.807) is 36.8 Å². The van der Waals surface area contributed by atoms with Crippen LogP contribution in [-0.4, -0.2) is 42.0 Å². The van der Waals surface area contributed by atoms with E-state index >= 15 is 0 Å². The van der Waals surface area contributed by atoms with Crippen LogP contribution in [-0.2, 0) is 9.53 Å². The largest absolute Gasteiger partial charge is 0.475 e. The van der Waals surface area contributed by atoms with Crippen LogP contribution in [0, 0.1) is 0 Å². The van der Waals surface area contributed by atoms with Gasteiger partial charge in [0.1, 0.15) is 6.61 Å². The summed E-state index contributed by atoms with van der Waals surface area (Å²) in [4.78, 5) is 20.7. The lowest BCUT2D eigenvalue weighted by Crippen LogP contribution is -2.14. The van der Waals surface area contributed by atoms with Crippen molar-refractivity contribution in [1.82, 2.24) is 9.97 Å². The molecule has 1 N–H and O–H groups in total. The normalized spacial score (nSPS) is 10.8. The minimum Gasteiger partial charge on any atom is -0.475 e. The number of amides is 1. The van der Waals surface area contributed by atoms with E-state index in [-0.39, 0.29) is 5.91 Å². The predicted octanol–water partition coefficient (Wildman–Crippen LogP) is 3.45. The number of nitrogens with one attached hydrogen (secondary N) is 1. The standard InChI is InChI=1S/C17H17N3O3S2/c1-22-8-9-23-16-7-6-12(10-18-16)19-15(21)11-24-17-20-13-4-2-3-5-14(13)25-17/h2-7,10H,8-9,11H2,1H3,(H,19,21). The van der Waals surface area contributed by atoms with Gasteiger partial charge in [0.25, 0.3) is 0 Å². The summed E-state index contributed by atoms with van der Waals surface area (Å²) >= 11 is 3.02. The SMILES string of the molecule is COCCOc1ccc(NC(=O)CSc2nc3ccccc3s2)cn1. The molecule has 2 heterocycles. The highest BCUT2D eigenvalue weighted by molar-refractivity contribution is 8.01. The van der Waals surface area contributed by atoms with E-state index in [0.717, 1.165) is 14.6 Å². The number of pyridine rings is 1. The Bertz CT molecular complexity index is 804. The van der Waals surface area contributed by atoms with Gasteiger partial charge in [0.05, 0.1) is 34.5 Å². The number of thioether (sulfide) groups is 1. The van der Waals surface area contributed by atoms with Crippen molar-refractivity contribution in [3.05, 3.63) is 42.6 Å². The average molecular weight is 375 g/mol. The van der Waals surface area contributed by atoms with Crippen molar-refractivity contribution in [2.75, 3.05) is 31.4 Å². The summed E-state index contributed by atoms with van der Waals surface area (Å²) < 4.78 is 12.3. The van der Waals surface area contributed by atoms with Crippen molar-refractivity contribution in [3.63, 3.8) is 0 Å². The number of para-hydroxylation sites is 1.